The van der Waals surface area contributed by atoms with Crippen molar-refractivity contribution in [2.24, 2.45) is 0 Å². The van der Waals surface area contributed by atoms with E-state index in [9.17, 15) is 5.11 Å². The molecule has 0 heterocycles. The lowest BCUT2D eigenvalue weighted by atomic mass is 10.0. The Labute approximate surface area is 121 Å². The van der Waals surface area contributed by atoms with Gasteiger partial charge >= 0.3 is 0 Å². The van der Waals surface area contributed by atoms with Crippen molar-refractivity contribution in [3.63, 3.8) is 0 Å². The maximum Gasteiger partial charge on any atom is 0.119 e. The first-order valence-electron chi connectivity index (χ1n) is 7.15. The molecule has 2 aromatic carbocycles. The van der Waals surface area contributed by atoms with Crippen LogP contribution in [0.3, 0.4) is 0 Å². The number of benzene rings is 2. The van der Waals surface area contributed by atoms with Gasteiger partial charge in [0.15, 0.2) is 0 Å². The molecule has 2 heteroatoms. The molecule has 0 fully saturated rings. The average molecular weight is 270 g/mol. The van der Waals surface area contributed by atoms with Crippen molar-refractivity contribution in [3.05, 3.63) is 65.2 Å². The van der Waals surface area contributed by atoms with E-state index < -0.39 is 6.10 Å². The summed E-state index contributed by atoms with van der Waals surface area (Å²) in [6, 6.07) is 16.0. The highest BCUT2D eigenvalue weighted by atomic mass is 16.5. The lowest BCUT2D eigenvalue weighted by Gasteiger charge is -2.13. The van der Waals surface area contributed by atoms with E-state index in [4.69, 9.17) is 4.74 Å². The van der Waals surface area contributed by atoms with Crippen molar-refractivity contribution < 1.29 is 9.84 Å². The first-order chi connectivity index (χ1) is 9.69. The number of ether oxygens (including phenoxy) is 1. The topological polar surface area (TPSA) is 29.5 Å². The molecule has 0 aromatic heterocycles. The fourth-order valence-electron chi connectivity index (χ4n) is 2.10. The van der Waals surface area contributed by atoms with Gasteiger partial charge in [0.05, 0.1) is 0 Å². The Balaban J connectivity index is 1.90. The third kappa shape index (κ3) is 4.10. The van der Waals surface area contributed by atoms with Crippen molar-refractivity contribution >= 4 is 0 Å². The molecule has 2 rings (SSSR count). The molecule has 0 amide bonds. The molecular formula is C18H22O2. The second-order valence-electron chi connectivity index (χ2n) is 5.13. The maximum absolute atomic E-state index is 10.1. The molecule has 2 aromatic rings. The lowest BCUT2D eigenvalue weighted by Crippen LogP contribution is -2.09. The van der Waals surface area contributed by atoms with Crippen LogP contribution in [0.1, 0.15) is 36.1 Å². The number of hydrogen-bond acceptors (Lipinski definition) is 2. The maximum atomic E-state index is 10.1. The van der Waals surface area contributed by atoms with Crippen molar-refractivity contribution in [1.29, 1.82) is 0 Å². The summed E-state index contributed by atoms with van der Waals surface area (Å²) in [6.45, 7) is 4.48. The fourth-order valence-corrected chi connectivity index (χ4v) is 2.10. The molecule has 106 valence electrons. The van der Waals surface area contributed by atoms with Crippen LogP contribution in [0.15, 0.2) is 48.5 Å². The number of aliphatic hydroxyl groups is 1. The van der Waals surface area contributed by atoms with E-state index in [0.717, 1.165) is 24.2 Å². The number of aliphatic hydroxyl groups excluding tert-OH is 1. The Bertz CT molecular complexity index is 514. The normalized spacial score (nSPS) is 12.2. The van der Waals surface area contributed by atoms with Gasteiger partial charge in [-0.1, -0.05) is 55.3 Å². The van der Waals surface area contributed by atoms with Gasteiger partial charge < -0.3 is 9.84 Å². The summed E-state index contributed by atoms with van der Waals surface area (Å²) in [7, 11) is 0. The molecule has 0 spiro atoms. The second kappa shape index (κ2) is 7.11. The summed E-state index contributed by atoms with van der Waals surface area (Å²) in [5.41, 5.74) is 3.41. The van der Waals surface area contributed by atoms with Crippen LogP contribution in [0, 0.1) is 6.92 Å². The van der Waals surface area contributed by atoms with Crippen molar-refractivity contribution in [3.8, 4) is 5.75 Å². The molecule has 0 aliphatic rings. The molecular weight excluding hydrogens is 248 g/mol. The van der Waals surface area contributed by atoms with Crippen LogP contribution in [-0.4, -0.2) is 11.7 Å². The van der Waals surface area contributed by atoms with Crippen molar-refractivity contribution in [1.82, 2.24) is 0 Å². The molecule has 1 atom stereocenters. The Morgan fingerprint density at radius 1 is 1.00 bits per heavy atom. The van der Waals surface area contributed by atoms with E-state index in [2.05, 4.69) is 19.1 Å². The number of hydrogen-bond donors (Lipinski definition) is 1. The predicted molar refractivity (Wildman–Crippen MR) is 82.1 cm³/mol. The van der Waals surface area contributed by atoms with Gasteiger partial charge in [-0.05, 0) is 36.6 Å². The zero-order chi connectivity index (χ0) is 14.4. The lowest BCUT2D eigenvalue weighted by molar-refractivity contribution is 0.108. The van der Waals surface area contributed by atoms with Gasteiger partial charge in [0.2, 0.25) is 0 Å². The molecule has 1 unspecified atom stereocenters. The van der Waals surface area contributed by atoms with Gasteiger partial charge in [-0.15, -0.1) is 0 Å². The van der Waals surface area contributed by atoms with Crippen molar-refractivity contribution in [2.45, 2.75) is 32.8 Å². The molecule has 0 aliphatic heterocycles. The van der Waals surface area contributed by atoms with Crippen LogP contribution in [0.5, 0.6) is 5.75 Å². The molecule has 2 nitrogen and oxygen atoms in total. The SMILES string of the molecule is CCCc1ccc(C(O)COc2ccc(C)cc2)cc1. The second-order valence-corrected chi connectivity index (χ2v) is 5.13. The van der Waals surface area contributed by atoms with Gasteiger partial charge in [0.1, 0.15) is 18.5 Å². The van der Waals surface area contributed by atoms with Crippen LogP contribution in [0.4, 0.5) is 0 Å². The summed E-state index contributed by atoms with van der Waals surface area (Å²) in [4.78, 5) is 0. The van der Waals surface area contributed by atoms with Crippen molar-refractivity contribution in [2.75, 3.05) is 6.61 Å². The Kier molecular flexibility index (Phi) is 5.19. The minimum atomic E-state index is -0.591. The van der Waals surface area contributed by atoms with Crippen LogP contribution >= 0.6 is 0 Å². The third-order valence-electron chi connectivity index (χ3n) is 3.33. The molecule has 0 saturated heterocycles. The summed E-state index contributed by atoms with van der Waals surface area (Å²) in [5.74, 6) is 0.789. The zero-order valence-corrected chi connectivity index (χ0v) is 12.2. The van der Waals surface area contributed by atoms with Gasteiger partial charge in [-0.3, -0.25) is 0 Å². The minimum Gasteiger partial charge on any atom is -0.491 e. The highest BCUT2D eigenvalue weighted by molar-refractivity contribution is 5.27. The van der Waals surface area contributed by atoms with E-state index in [1.54, 1.807) is 0 Å². The standard InChI is InChI=1S/C18H22O2/c1-3-4-15-7-9-16(10-8-15)18(19)13-20-17-11-5-14(2)6-12-17/h5-12,18-19H,3-4,13H2,1-2H3. The monoisotopic (exact) mass is 270 g/mol. The molecule has 20 heavy (non-hydrogen) atoms. The van der Waals surface area contributed by atoms with E-state index >= 15 is 0 Å². The Morgan fingerprint density at radius 3 is 2.25 bits per heavy atom. The highest BCUT2D eigenvalue weighted by Gasteiger charge is 2.08. The largest absolute Gasteiger partial charge is 0.491 e. The molecule has 0 saturated carbocycles. The Morgan fingerprint density at radius 2 is 1.65 bits per heavy atom. The number of rotatable bonds is 6. The van der Waals surface area contributed by atoms with Crippen LogP contribution in [-0.2, 0) is 6.42 Å². The highest BCUT2D eigenvalue weighted by Crippen LogP contribution is 2.18. The van der Waals surface area contributed by atoms with Gasteiger partial charge in [-0.2, -0.15) is 0 Å². The van der Waals surface area contributed by atoms with Crippen LogP contribution in [0.2, 0.25) is 0 Å². The van der Waals surface area contributed by atoms with E-state index in [1.807, 2.05) is 43.3 Å². The molecule has 1 N–H and O–H groups in total. The summed E-state index contributed by atoms with van der Waals surface area (Å²) < 4.78 is 5.60. The molecule has 0 bridgehead atoms. The third-order valence-corrected chi connectivity index (χ3v) is 3.33. The zero-order valence-electron chi connectivity index (χ0n) is 12.2. The summed E-state index contributed by atoms with van der Waals surface area (Å²) >= 11 is 0. The number of aryl methyl sites for hydroxylation is 2. The average Bonchev–Trinajstić information content (AvgIpc) is 2.47. The van der Waals surface area contributed by atoms with Gasteiger partial charge in [0.25, 0.3) is 0 Å². The summed E-state index contributed by atoms with van der Waals surface area (Å²) in [6.07, 6.45) is 1.63. The van der Waals surface area contributed by atoms with Gasteiger partial charge in [-0.25, -0.2) is 0 Å². The Hall–Kier alpha value is -1.80. The predicted octanol–water partition coefficient (Wildman–Crippen LogP) is 4.06. The van der Waals surface area contributed by atoms with Crippen LogP contribution in [0.25, 0.3) is 0 Å². The van der Waals surface area contributed by atoms with Crippen LogP contribution < -0.4 is 4.74 Å². The first-order valence-corrected chi connectivity index (χ1v) is 7.15. The quantitative estimate of drug-likeness (QED) is 0.857. The van der Waals surface area contributed by atoms with E-state index in [0.29, 0.717) is 0 Å². The smallest absolute Gasteiger partial charge is 0.119 e. The summed E-state index contributed by atoms with van der Waals surface area (Å²) in [5, 5.41) is 10.1. The first kappa shape index (κ1) is 14.6. The minimum absolute atomic E-state index is 0.274. The molecule has 0 aliphatic carbocycles. The van der Waals surface area contributed by atoms with Gasteiger partial charge in [0, 0.05) is 0 Å². The van der Waals surface area contributed by atoms with E-state index in [-0.39, 0.29) is 6.61 Å². The fraction of sp³-hybridized carbons (Fsp3) is 0.333. The molecule has 0 radical (unpaired) electrons. The van der Waals surface area contributed by atoms with E-state index in [1.165, 1.54) is 11.1 Å².